The lowest BCUT2D eigenvalue weighted by molar-refractivity contribution is -0.160. The van der Waals surface area contributed by atoms with Gasteiger partial charge in [-0.05, 0) is 88.0 Å². The fourth-order valence-corrected chi connectivity index (χ4v) is 12.8. The van der Waals surface area contributed by atoms with Gasteiger partial charge in [-0.3, -0.25) is 38.0 Å². The highest BCUT2D eigenvalue weighted by molar-refractivity contribution is 6.32. The summed E-state index contributed by atoms with van der Waals surface area (Å²) in [6, 6.07) is 1.42. The van der Waals surface area contributed by atoms with E-state index in [0.29, 0.717) is 41.8 Å². The van der Waals surface area contributed by atoms with Crippen molar-refractivity contribution >= 4 is 52.3 Å². The smallest absolute Gasteiger partial charge is 0.341 e. The second-order valence-electron chi connectivity index (χ2n) is 23.7. The number of halogens is 1. The van der Waals surface area contributed by atoms with Crippen LogP contribution in [0.3, 0.4) is 0 Å². The first kappa shape index (κ1) is 60.9. The number of aromatic hydroxyl groups is 1. The molecule has 450 valence electrons. The molecule has 22 heteroatoms. The third-order valence-corrected chi connectivity index (χ3v) is 18.0. The Kier molecular flexibility index (Phi) is 17.2. The van der Waals surface area contributed by atoms with E-state index < -0.39 is 135 Å². The molecule has 3 aromatic rings. The summed E-state index contributed by atoms with van der Waals surface area (Å²) in [6.07, 6.45) is 6.76. The van der Waals surface area contributed by atoms with Crippen molar-refractivity contribution in [3.8, 4) is 11.5 Å². The van der Waals surface area contributed by atoms with Crippen LogP contribution in [-0.2, 0) is 28.6 Å². The van der Waals surface area contributed by atoms with Crippen molar-refractivity contribution in [2.24, 2.45) is 35.5 Å². The molecule has 0 radical (unpaired) electrons. The van der Waals surface area contributed by atoms with Crippen LogP contribution in [0.25, 0.3) is 5.52 Å². The zero-order valence-corrected chi connectivity index (χ0v) is 48.9. The van der Waals surface area contributed by atoms with E-state index in [4.69, 9.17) is 18.9 Å². The van der Waals surface area contributed by atoms with Crippen molar-refractivity contribution < 1.29 is 77.3 Å². The topological polar surface area (TPSA) is 289 Å². The van der Waals surface area contributed by atoms with Crippen LogP contribution in [0.2, 0.25) is 0 Å². The number of pyridine rings is 2. The number of aromatic nitrogens is 1. The number of aliphatic hydroxyl groups excluding tert-OH is 2. The number of allylic oxidation sites excluding steroid dienone is 4. The molecular weight excluding hydrogens is 1090 g/mol. The SMILES string of the molecule is CO[C@H]1/C=C/O[C@@]2(C)Oc3c(C)c(O)c4c(c3C2=O)C(=O)C(N2CCC(C(=O)NCC3CCN(c5c(F)cn6c(=O)c(C(=O)O)cc(C7CC7)c6c5C)C3)CC2)=C(NC(=O)/C(C)=C\C=C\[C@H](C)[C@H](O)[C@@H](C)[C@@H](O)[C@@H](C)[C@H](OC(C)=O)[C@@H]1C)C4=O. The van der Waals surface area contributed by atoms with Crippen molar-refractivity contribution in [1.29, 1.82) is 0 Å². The van der Waals surface area contributed by atoms with Gasteiger partial charge in [-0.15, -0.1) is 0 Å². The molecule has 3 fully saturated rings. The Labute approximate surface area is 485 Å². The number of carbonyl (C=O) groups excluding carboxylic acids is 6. The highest BCUT2D eigenvalue weighted by atomic mass is 19.1. The number of likely N-dealkylation sites (tertiary alicyclic amines) is 1. The summed E-state index contributed by atoms with van der Waals surface area (Å²) in [4.78, 5) is 114. The third-order valence-electron chi connectivity index (χ3n) is 18.0. The number of carboxylic acids is 1. The molecule has 10 rings (SSSR count). The fraction of sp³-hybridized carbons (Fsp3) is 0.516. The molecule has 6 N–H and O–H groups in total. The molecule has 84 heavy (non-hydrogen) atoms. The molecule has 1 aromatic carbocycles. The van der Waals surface area contributed by atoms with E-state index in [9.17, 15) is 49.2 Å². The molecule has 1 unspecified atom stereocenters. The van der Waals surface area contributed by atoms with Gasteiger partial charge in [0.15, 0.2) is 5.82 Å². The van der Waals surface area contributed by atoms with Gasteiger partial charge in [-0.25, -0.2) is 9.18 Å². The molecule has 21 nitrogen and oxygen atoms in total. The van der Waals surface area contributed by atoms with Gasteiger partial charge in [0.05, 0.1) is 58.7 Å². The molecule has 1 saturated carbocycles. The Morgan fingerprint density at radius 3 is 2.19 bits per heavy atom. The molecule has 2 aliphatic carbocycles. The first-order valence-electron chi connectivity index (χ1n) is 28.6. The average molecular weight is 1160 g/mol. The van der Waals surface area contributed by atoms with Crippen molar-refractivity contribution in [2.45, 2.75) is 131 Å². The minimum atomic E-state index is -2.18. The van der Waals surface area contributed by atoms with Crippen molar-refractivity contribution in [1.82, 2.24) is 19.9 Å². The van der Waals surface area contributed by atoms with Gasteiger partial charge in [-0.1, -0.05) is 45.9 Å². The third kappa shape index (κ3) is 11.1. The standard InChI is InChI=1S/C62H74FN5O16/c1-28-12-11-13-29(2)58(76)65-46-49(66-21-17-38(18-22-66)59(77)64-25-36-16-20-67(26-36)48-31(4)47-39(37-14-15-37)24-40(61(79)80)60(78)68(47)27-41(48)63)54(74)43-44(53(46)73)52(72)34(7)56-45(43)57(75)62(9,84-56)82-23-19-42(81-10)30(3)55(83-35(8)69)33(6)51(71)32(5)50(28)70/h11-13,19,23-24,27-28,30,32-33,36-38,42,50-51,55,70-72H,14-18,20-22,25-26H2,1-10H3,(H,64,77)(H,65,76)(H,79,80)/b12-11+,23-19+,29-13-/t28-,30+,32+,33+,36?,42-,50-,51+,55+,62-/m0/s1. The maximum atomic E-state index is 16.0. The number of ketones is 3. The molecule has 2 amide bonds. The van der Waals surface area contributed by atoms with Crippen LogP contribution in [0.5, 0.6) is 11.5 Å². The zero-order valence-electron chi connectivity index (χ0n) is 48.9. The van der Waals surface area contributed by atoms with Crippen molar-refractivity contribution in [2.75, 3.05) is 44.7 Å². The summed E-state index contributed by atoms with van der Waals surface area (Å²) in [7, 11) is 1.40. The van der Waals surface area contributed by atoms with E-state index >= 15 is 14.0 Å². The Morgan fingerprint density at radius 2 is 1.55 bits per heavy atom. The molecule has 7 heterocycles. The molecule has 10 atom stereocenters. The maximum absolute atomic E-state index is 16.0. The minimum absolute atomic E-state index is 0.0376. The van der Waals surface area contributed by atoms with Gasteiger partial charge in [0.1, 0.15) is 34.6 Å². The van der Waals surface area contributed by atoms with Crippen LogP contribution >= 0.6 is 0 Å². The molecule has 2 aromatic heterocycles. The monoisotopic (exact) mass is 1160 g/mol. The number of amides is 2. The van der Waals surface area contributed by atoms with E-state index in [-0.39, 0.29) is 78.4 Å². The number of rotatable bonds is 9. The van der Waals surface area contributed by atoms with E-state index in [1.807, 2.05) is 4.90 Å². The van der Waals surface area contributed by atoms with Crippen LogP contribution in [0.1, 0.15) is 145 Å². The van der Waals surface area contributed by atoms with Crippen molar-refractivity contribution in [3.05, 3.63) is 115 Å². The van der Waals surface area contributed by atoms with Gasteiger partial charge in [0.25, 0.3) is 17.2 Å². The number of nitrogens with one attached hydrogen (secondary N) is 2. The van der Waals surface area contributed by atoms with E-state index in [1.54, 1.807) is 45.6 Å². The number of nitrogens with zero attached hydrogens (tertiary/aromatic N) is 3. The summed E-state index contributed by atoms with van der Waals surface area (Å²) >= 11 is 0. The molecule has 5 bridgehead atoms. The predicted molar refractivity (Wildman–Crippen MR) is 303 cm³/mol. The number of benzene rings is 1. The lowest BCUT2D eigenvalue weighted by atomic mass is 9.78. The number of anilines is 1. The Hall–Kier alpha value is -7.69. The number of esters is 1. The van der Waals surface area contributed by atoms with Crippen molar-refractivity contribution in [3.63, 3.8) is 0 Å². The summed E-state index contributed by atoms with van der Waals surface area (Å²) in [5.41, 5.74) is -1.26. The highest BCUT2D eigenvalue weighted by Gasteiger charge is 2.53. The second-order valence-corrected chi connectivity index (χ2v) is 23.7. The van der Waals surface area contributed by atoms with E-state index in [0.717, 1.165) is 29.7 Å². The number of hydrogen-bond acceptors (Lipinski definition) is 17. The lowest BCUT2D eigenvalue weighted by Gasteiger charge is -2.38. The number of hydrogen-bond donors (Lipinski definition) is 6. The van der Waals surface area contributed by atoms with Gasteiger partial charge in [0.2, 0.25) is 17.5 Å². The molecular formula is C62H74FN5O16. The summed E-state index contributed by atoms with van der Waals surface area (Å²) in [6.45, 7) is 15.1. The Balaban J connectivity index is 0.976. The molecule has 7 aliphatic rings. The van der Waals surface area contributed by atoms with Crippen LogP contribution in [0.15, 0.2) is 64.6 Å². The summed E-state index contributed by atoms with van der Waals surface area (Å²) < 4.78 is 40.9. The molecule has 5 aliphatic heterocycles. The number of piperidine rings is 1. The fourth-order valence-electron chi connectivity index (χ4n) is 12.8. The average Bonchev–Trinajstić information content (AvgIpc) is 1.43. The van der Waals surface area contributed by atoms with Crippen LogP contribution < -0.4 is 25.8 Å². The van der Waals surface area contributed by atoms with Crippen LogP contribution in [0, 0.1) is 55.2 Å². The van der Waals surface area contributed by atoms with Gasteiger partial charge >= 0.3 is 17.7 Å². The number of aromatic carboxylic acids is 1. The number of methoxy groups -OCH3 is 1. The number of carbonyl (C=O) groups is 7. The van der Waals surface area contributed by atoms with Gasteiger partial charge in [-0.2, -0.15) is 0 Å². The number of phenols is 1. The number of aliphatic hydroxyl groups is 2. The van der Waals surface area contributed by atoms with Crippen LogP contribution in [0.4, 0.5) is 10.1 Å². The summed E-state index contributed by atoms with van der Waals surface area (Å²) in [5.74, 6) is -12.8. The second kappa shape index (κ2) is 23.8. The number of phenolic OH excluding ortho intramolecular Hbond substituents is 1. The van der Waals surface area contributed by atoms with Gasteiger partial charge < -0.3 is 59.8 Å². The largest absolute Gasteiger partial charge is 0.507 e. The normalized spacial score (nSPS) is 29.5. The van der Waals surface area contributed by atoms with E-state index in [1.165, 1.54) is 59.1 Å². The minimum Gasteiger partial charge on any atom is -0.507 e. The first-order chi connectivity index (χ1) is 39.7. The number of Topliss-reactive ketones (excluding diaryl/α,β-unsaturated/α-hetero) is 3. The molecule has 2 saturated heterocycles. The number of ether oxygens (including phenoxy) is 4. The summed E-state index contributed by atoms with van der Waals surface area (Å²) in [5, 5.41) is 50.4. The first-order valence-corrected chi connectivity index (χ1v) is 28.6. The van der Waals surface area contributed by atoms with Crippen LogP contribution in [-0.4, -0.2) is 141 Å². The highest BCUT2D eigenvalue weighted by Crippen LogP contribution is 2.50. The van der Waals surface area contributed by atoms with Gasteiger partial charge in [0, 0.05) is 94.4 Å². The zero-order chi connectivity index (χ0) is 61.1. The number of aryl methyl sites for hydroxylation is 1. The predicted octanol–water partition coefficient (Wildman–Crippen LogP) is 5.95. The maximum Gasteiger partial charge on any atom is 0.341 e. The Bertz CT molecular complexity index is 3440. The molecule has 0 spiro atoms. The Morgan fingerprint density at radius 1 is 0.869 bits per heavy atom. The quantitative estimate of drug-likeness (QED) is 0.135. The lowest BCUT2D eigenvalue weighted by Crippen LogP contribution is -2.46. The number of carboxylic acid groups (broad SMARTS) is 1. The number of fused-ring (bicyclic) bond motifs is 15. The van der Waals surface area contributed by atoms with E-state index in [2.05, 4.69) is 10.6 Å².